The number of nitrogens with one attached hydrogen (secondary N) is 1. The lowest BCUT2D eigenvalue weighted by molar-refractivity contribution is -0.154. The Hall–Kier alpha value is -1.77. The van der Waals surface area contributed by atoms with Gasteiger partial charge in [-0.2, -0.15) is 18.3 Å². The SMILES string of the molecule is Cc1nn(C)c(C)c1CNCC(C(N)=NO)C(F)(F)F. The van der Waals surface area contributed by atoms with Crippen molar-refractivity contribution >= 4 is 5.84 Å². The molecule has 0 radical (unpaired) electrons. The summed E-state index contributed by atoms with van der Waals surface area (Å²) >= 11 is 0. The van der Waals surface area contributed by atoms with Crippen LogP contribution in [0, 0.1) is 19.8 Å². The van der Waals surface area contributed by atoms with Crippen LogP contribution in [0.3, 0.4) is 0 Å². The van der Waals surface area contributed by atoms with Gasteiger partial charge in [-0.15, -0.1) is 0 Å². The summed E-state index contributed by atoms with van der Waals surface area (Å²) in [5.74, 6) is -2.88. The van der Waals surface area contributed by atoms with Crippen LogP contribution in [0.2, 0.25) is 0 Å². The van der Waals surface area contributed by atoms with Crippen molar-refractivity contribution in [2.45, 2.75) is 26.6 Å². The third-order valence-corrected chi connectivity index (χ3v) is 3.18. The van der Waals surface area contributed by atoms with Gasteiger partial charge in [0.05, 0.1) is 5.69 Å². The lowest BCUT2D eigenvalue weighted by Crippen LogP contribution is -2.42. The average Bonchev–Trinajstić information content (AvgIpc) is 2.58. The Balaban J connectivity index is 2.70. The highest BCUT2D eigenvalue weighted by Gasteiger charge is 2.42. The number of hydrogen-bond donors (Lipinski definition) is 3. The average molecular weight is 293 g/mol. The van der Waals surface area contributed by atoms with Crippen LogP contribution in [0.4, 0.5) is 13.2 Å². The maximum atomic E-state index is 12.7. The molecular weight excluding hydrogens is 275 g/mol. The zero-order chi connectivity index (χ0) is 15.5. The predicted octanol–water partition coefficient (Wildman–Crippen LogP) is 1.05. The van der Waals surface area contributed by atoms with Gasteiger partial charge < -0.3 is 16.3 Å². The largest absolute Gasteiger partial charge is 0.409 e. The van der Waals surface area contributed by atoms with E-state index in [0.29, 0.717) is 0 Å². The van der Waals surface area contributed by atoms with E-state index in [4.69, 9.17) is 10.9 Å². The fourth-order valence-electron chi connectivity index (χ4n) is 1.87. The quantitative estimate of drug-likeness (QED) is 0.328. The Morgan fingerprint density at radius 2 is 2.10 bits per heavy atom. The molecule has 0 aliphatic carbocycles. The van der Waals surface area contributed by atoms with E-state index in [2.05, 4.69) is 15.6 Å². The number of alkyl halides is 3. The number of halogens is 3. The van der Waals surface area contributed by atoms with E-state index >= 15 is 0 Å². The zero-order valence-electron chi connectivity index (χ0n) is 11.5. The van der Waals surface area contributed by atoms with Crippen molar-refractivity contribution in [2.24, 2.45) is 23.9 Å². The van der Waals surface area contributed by atoms with Crippen LogP contribution in [0.1, 0.15) is 17.0 Å². The molecule has 0 aliphatic rings. The summed E-state index contributed by atoms with van der Waals surface area (Å²) in [4.78, 5) is 0. The second kappa shape index (κ2) is 6.12. The highest BCUT2D eigenvalue weighted by molar-refractivity contribution is 5.83. The molecule has 0 spiro atoms. The van der Waals surface area contributed by atoms with Gasteiger partial charge >= 0.3 is 6.18 Å². The topological polar surface area (TPSA) is 88.5 Å². The number of aryl methyl sites for hydroxylation is 2. The van der Waals surface area contributed by atoms with Crippen LogP contribution in [-0.4, -0.2) is 33.5 Å². The molecule has 20 heavy (non-hydrogen) atoms. The van der Waals surface area contributed by atoms with Gasteiger partial charge in [0.2, 0.25) is 0 Å². The van der Waals surface area contributed by atoms with Crippen LogP contribution in [-0.2, 0) is 13.6 Å². The van der Waals surface area contributed by atoms with E-state index in [-0.39, 0.29) is 6.54 Å². The van der Waals surface area contributed by atoms with Crippen molar-refractivity contribution in [3.63, 3.8) is 0 Å². The minimum atomic E-state index is -4.57. The second-order valence-corrected chi connectivity index (χ2v) is 4.52. The molecule has 0 aromatic carbocycles. The maximum absolute atomic E-state index is 12.7. The predicted molar refractivity (Wildman–Crippen MR) is 67.3 cm³/mol. The zero-order valence-corrected chi connectivity index (χ0v) is 11.5. The Morgan fingerprint density at radius 3 is 2.50 bits per heavy atom. The van der Waals surface area contributed by atoms with Gasteiger partial charge in [0.25, 0.3) is 0 Å². The summed E-state index contributed by atoms with van der Waals surface area (Å²) in [5.41, 5.74) is 7.54. The van der Waals surface area contributed by atoms with Crippen LogP contribution in [0.25, 0.3) is 0 Å². The van der Waals surface area contributed by atoms with E-state index in [0.717, 1.165) is 17.0 Å². The third-order valence-electron chi connectivity index (χ3n) is 3.18. The second-order valence-electron chi connectivity index (χ2n) is 4.52. The molecule has 0 fully saturated rings. The number of oxime groups is 1. The van der Waals surface area contributed by atoms with Crippen LogP contribution < -0.4 is 11.1 Å². The standard InChI is InChI=1S/C11H18F3N5O/c1-6-8(7(2)19(3)17-6)4-16-5-9(10(15)18-20)11(12,13)14/h9,16,20H,4-5H2,1-3H3,(H2,15,18). The van der Waals surface area contributed by atoms with Crippen LogP contribution >= 0.6 is 0 Å². The molecule has 1 aromatic rings. The summed E-state index contributed by atoms with van der Waals surface area (Å²) in [6, 6.07) is 0. The molecular formula is C11H18F3N5O. The number of amidine groups is 1. The number of hydrogen-bond acceptors (Lipinski definition) is 4. The smallest absolute Gasteiger partial charge is 0.400 e. The Bertz CT molecular complexity index is 495. The monoisotopic (exact) mass is 293 g/mol. The summed E-state index contributed by atoms with van der Waals surface area (Å²) in [7, 11) is 1.76. The van der Waals surface area contributed by atoms with Crippen LogP contribution in [0.5, 0.6) is 0 Å². The first-order valence-electron chi connectivity index (χ1n) is 5.92. The third kappa shape index (κ3) is 3.62. The Morgan fingerprint density at radius 1 is 1.50 bits per heavy atom. The molecule has 1 rings (SSSR count). The summed E-state index contributed by atoms with van der Waals surface area (Å²) in [6.07, 6.45) is -4.57. The Labute approximate surface area is 114 Å². The van der Waals surface area contributed by atoms with Crippen LogP contribution in [0.15, 0.2) is 5.16 Å². The first-order valence-corrected chi connectivity index (χ1v) is 5.92. The molecule has 9 heteroatoms. The van der Waals surface area contributed by atoms with Crippen molar-refractivity contribution < 1.29 is 18.4 Å². The van der Waals surface area contributed by atoms with Gasteiger partial charge in [-0.3, -0.25) is 4.68 Å². The summed E-state index contributed by atoms with van der Waals surface area (Å²) in [5, 5.41) is 17.7. The van der Waals surface area contributed by atoms with Crippen molar-refractivity contribution in [3.8, 4) is 0 Å². The van der Waals surface area contributed by atoms with Gasteiger partial charge in [-0.05, 0) is 13.8 Å². The van der Waals surface area contributed by atoms with E-state index in [1.165, 1.54) is 0 Å². The van der Waals surface area contributed by atoms with Crippen molar-refractivity contribution in [2.75, 3.05) is 6.54 Å². The highest BCUT2D eigenvalue weighted by Crippen LogP contribution is 2.26. The fraction of sp³-hybridized carbons (Fsp3) is 0.636. The highest BCUT2D eigenvalue weighted by atomic mass is 19.4. The molecule has 0 amide bonds. The molecule has 0 bridgehead atoms. The first-order chi connectivity index (χ1) is 9.18. The number of nitrogens with two attached hydrogens (primary N) is 1. The summed E-state index contributed by atoms with van der Waals surface area (Å²) in [6.45, 7) is 3.39. The van der Waals surface area contributed by atoms with Crippen molar-refractivity contribution in [1.82, 2.24) is 15.1 Å². The number of rotatable bonds is 5. The van der Waals surface area contributed by atoms with Crippen molar-refractivity contribution in [3.05, 3.63) is 17.0 Å². The molecule has 6 nitrogen and oxygen atoms in total. The van der Waals surface area contributed by atoms with E-state index in [1.807, 2.05) is 6.92 Å². The fourth-order valence-corrected chi connectivity index (χ4v) is 1.87. The van der Waals surface area contributed by atoms with Gasteiger partial charge in [0.1, 0.15) is 5.92 Å². The minimum Gasteiger partial charge on any atom is -0.409 e. The van der Waals surface area contributed by atoms with E-state index in [9.17, 15) is 13.2 Å². The molecule has 1 atom stereocenters. The summed E-state index contributed by atoms with van der Waals surface area (Å²) < 4.78 is 39.8. The molecule has 4 N–H and O–H groups in total. The van der Waals surface area contributed by atoms with Gasteiger partial charge in [-0.25, -0.2) is 0 Å². The first kappa shape index (κ1) is 16.3. The van der Waals surface area contributed by atoms with E-state index in [1.54, 1.807) is 18.7 Å². The van der Waals surface area contributed by atoms with Gasteiger partial charge in [0, 0.05) is 31.4 Å². The normalized spacial score (nSPS) is 14.6. The molecule has 1 heterocycles. The molecule has 0 saturated carbocycles. The lowest BCUT2D eigenvalue weighted by Gasteiger charge is -2.19. The maximum Gasteiger partial charge on any atom is 0.400 e. The molecule has 0 aliphatic heterocycles. The van der Waals surface area contributed by atoms with Gasteiger partial charge in [0.15, 0.2) is 5.84 Å². The molecule has 1 unspecified atom stereocenters. The van der Waals surface area contributed by atoms with Gasteiger partial charge in [-0.1, -0.05) is 5.16 Å². The molecule has 0 saturated heterocycles. The van der Waals surface area contributed by atoms with Crippen molar-refractivity contribution in [1.29, 1.82) is 0 Å². The molecule has 1 aromatic heterocycles. The molecule has 114 valence electrons. The Kier molecular flexibility index (Phi) is 4.98. The minimum absolute atomic E-state index is 0.233. The number of aromatic nitrogens is 2. The van der Waals surface area contributed by atoms with E-state index < -0.39 is 24.5 Å². The lowest BCUT2D eigenvalue weighted by atomic mass is 10.1. The number of nitrogens with zero attached hydrogens (tertiary/aromatic N) is 3.